The second kappa shape index (κ2) is 13.0. The second-order valence-electron chi connectivity index (χ2n) is 10.3. The Labute approximate surface area is 262 Å². The summed E-state index contributed by atoms with van der Waals surface area (Å²) in [4.78, 5) is 12.0. The average Bonchev–Trinajstić information content (AvgIpc) is 2.84. The molecule has 0 bridgehead atoms. The molecule has 24 heteroatoms. The van der Waals surface area contributed by atoms with Crippen molar-refractivity contribution in [3.63, 3.8) is 0 Å². The van der Waals surface area contributed by atoms with Gasteiger partial charge < -0.3 is 38.5 Å². The Kier molecular flexibility index (Phi) is 12.4. The Bertz CT molecular complexity index is 1200. The van der Waals surface area contributed by atoms with Crippen molar-refractivity contribution in [2.24, 2.45) is 0 Å². The molecular weight excluding hydrogens is 812 g/mol. The van der Waals surface area contributed by atoms with Gasteiger partial charge in [-0.15, -0.1) is 0 Å². The number of hydrogen-bond acceptors (Lipinski definition) is 2. The van der Waals surface area contributed by atoms with E-state index in [9.17, 15) is 88.2 Å². The van der Waals surface area contributed by atoms with Gasteiger partial charge in [-0.25, -0.2) is 0 Å². The van der Waals surface area contributed by atoms with Crippen LogP contribution < -0.4 is 34.0 Å². The number of rotatable bonds is 14. The van der Waals surface area contributed by atoms with E-state index >= 15 is 0 Å². The van der Waals surface area contributed by atoms with Gasteiger partial charge in [-0.3, -0.25) is 4.79 Å². The number of carbonyl (C=O) groups is 1. The van der Waals surface area contributed by atoms with Crippen LogP contribution >= 0.6 is 0 Å². The van der Waals surface area contributed by atoms with Crippen molar-refractivity contribution in [2.45, 2.75) is 60.2 Å². The van der Waals surface area contributed by atoms with Gasteiger partial charge in [-0.2, -0.15) is 83.4 Å². The van der Waals surface area contributed by atoms with Crippen LogP contribution in [0.5, 0.6) is 5.75 Å². The van der Waals surface area contributed by atoms with E-state index in [2.05, 4.69) is 10.1 Å². The fourth-order valence-corrected chi connectivity index (χ4v) is 3.09. The standard InChI is InChI=1S/C22H19F19N2O2.HI/c1-43(2,3)10-4-9-42-13(44)11-5-7-12(8-6-11)45-22(40,41)20(35,36)18(31,32)16(27,28)14(23,24)15(25,26)17(29,30)19(33,34)21(37,38)39;/h5-8H,4,9-10H2,1-3H3;1H. The number of halogens is 20. The van der Waals surface area contributed by atoms with E-state index in [0.717, 1.165) is 0 Å². The number of alkyl halides is 19. The summed E-state index contributed by atoms with van der Waals surface area (Å²) < 4.78 is 258. The quantitative estimate of drug-likeness (QED) is 0.130. The average molecular weight is 832 g/mol. The third kappa shape index (κ3) is 7.45. The fourth-order valence-electron chi connectivity index (χ4n) is 3.09. The highest BCUT2D eigenvalue weighted by Gasteiger charge is 2.97. The first kappa shape index (κ1) is 43.9. The molecule has 270 valence electrons. The van der Waals surface area contributed by atoms with Crippen molar-refractivity contribution in [3.8, 4) is 5.75 Å². The molecule has 0 saturated carbocycles. The van der Waals surface area contributed by atoms with Crippen molar-refractivity contribution in [3.05, 3.63) is 29.8 Å². The lowest BCUT2D eigenvalue weighted by Crippen LogP contribution is -3.00. The predicted molar refractivity (Wildman–Crippen MR) is 113 cm³/mol. The van der Waals surface area contributed by atoms with E-state index in [1.54, 1.807) is 21.1 Å². The monoisotopic (exact) mass is 832 g/mol. The summed E-state index contributed by atoms with van der Waals surface area (Å²) in [6.45, 7) is 0.593. The van der Waals surface area contributed by atoms with Crippen LogP contribution in [0.1, 0.15) is 16.8 Å². The molecule has 1 aromatic rings. The van der Waals surface area contributed by atoms with E-state index < -0.39 is 71.0 Å². The van der Waals surface area contributed by atoms with E-state index in [4.69, 9.17) is 0 Å². The van der Waals surface area contributed by atoms with Gasteiger partial charge in [0, 0.05) is 18.5 Å². The third-order valence-corrected chi connectivity index (χ3v) is 5.74. The number of ether oxygens (including phenoxy) is 1. The lowest BCUT2D eigenvalue weighted by molar-refractivity contribution is -0.870. The summed E-state index contributed by atoms with van der Waals surface area (Å²) in [6, 6.07) is 1.29. The van der Waals surface area contributed by atoms with Crippen molar-refractivity contribution in [1.29, 1.82) is 0 Å². The lowest BCUT2D eigenvalue weighted by atomic mass is 9.88. The van der Waals surface area contributed by atoms with Crippen molar-refractivity contribution in [1.82, 2.24) is 5.32 Å². The van der Waals surface area contributed by atoms with Crippen molar-refractivity contribution >= 4 is 5.91 Å². The summed E-state index contributed by atoms with van der Waals surface area (Å²) in [5, 5.41) is 2.32. The van der Waals surface area contributed by atoms with Crippen LogP contribution in [0.3, 0.4) is 0 Å². The topological polar surface area (TPSA) is 38.3 Å². The lowest BCUT2D eigenvalue weighted by Gasteiger charge is -2.43. The highest BCUT2D eigenvalue weighted by Crippen LogP contribution is 2.65. The molecule has 0 unspecified atom stereocenters. The number of amides is 1. The van der Waals surface area contributed by atoms with Gasteiger partial charge in [0.1, 0.15) is 5.75 Å². The molecule has 0 aliphatic rings. The summed E-state index contributed by atoms with van der Waals surface area (Å²) in [7, 11) is 5.40. The van der Waals surface area contributed by atoms with E-state index in [-0.39, 0.29) is 42.7 Å². The number of nitrogens with zero attached hydrogens (tertiary/aromatic N) is 1. The summed E-state index contributed by atoms with van der Waals surface area (Å²) in [6.07, 6.45) is -14.7. The molecule has 0 aliphatic carbocycles. The fraction of sp³-hybridized carbons (Fsp3) is 0.682. The van der Waals surface area contributed by atoms with Crippen molar-refractivity contribution in [2.75, 3.05) is 34.2 Å². The Morgan fingerprint density at radius 3 is 1.30 bits per heavy atom. The Morgan fingerprint density at radius 2 is 0.957 bits per heavy atom. The summed E-state index contributed by atoms with van der Waals surface area (Å²) in [5.74, 6) is -63.4. The number of quaternary nitrogens is 1. The van der Waals surface area contributed by atoms with Crippen LogP contribution in [0.15, 0.2) is 24.3 Å². The van der Waals surface area contributed by atoms with Crippen LogP contribution in [-0.4, -0.2) is 98.4 Å². The first-order chi connectivity index (χ1) is 19.6. The predicted octanol–water partition coefficient (Wildman–Crippen LogP) is 4.50. The molecule has 0 aliphatic heterocycles. The zero-order chi connectivity index (χ0) is 36.1. The molecule has 0 heterocycles. The Morgan fingerprint density at radius 1 is 0.609 bits per heavy atom. The highest BCUT2D eigenvalue weighted by atomic mass is 127. The molecule has 0 spiro atoms. The van der Waals surface area contributed by atoms with Crippen LogP contribution in [0.4, 0.5) is 83.4 Å². The van der Waals surface area contributed by atoms with Crippen LogP contribution in [-0.2, 0) is 0 Å². The number of benzene rings is 1. The molecule has 0 atom stereocenters. The van der Waals surface area contributed by atoms with Gasteiger partial charge in [0.2, 0.25) is 0 Å². The first-order valence-electron chi connectivity index (χ1n) is 11.5. The van der Waals surface area contributed by atoms with Crippen LogP contribution in [0.2, 0.25) is 0 Å². The van der Waals surface area contributed by atoms with Crippen LogP contribution in [0.25, 0.3) is 0 Å². The number of nitrogens with one attached hydrogen (secondary N) is 1. The zero-order valence-corrected chi connectivity index (χ0v) is 24.9. The van der Waals surface area contributed by atoms with Gasteiger partial charge in [0.15, 0.2) is 0 Å². The Balaban J connectivity index is 0.0000202. The van der Waals surface area contributed by atoms with Gasteiger partial charge >= 0.3 is 53.7 Å². The third-order valence-electron chi connectivity index (χ3n) is 5.74. The first-order valence-corrected chi connectivity index (χ1v) is 11.5. The zero-order valence-electron chi connectivity index (χ0n) is 22.8. The Hall–Kier alpha value is -2.15. The highest BCUT2D eigenvalue weighted by molar-refractivity contribution is 5.94. The molecule has 1 amide bonds. The normalized spacial score (nSPS) is 14.9. The molecule has 1 aromatic carbocycles. The van der Waals surface area contributed by atoms with Gasteiger partial charge in [0.25, 0.3) is 5.91 Å². The molecule has 0 aromatic heterocycles. The summed E-state index contributed by atoms with van der Waals surface area (Å²) >= 11 is 0. The van der Waals surface area contributed by atoms with Crippen LogP contribution in [0, 0.1) is 0 Å². The van der Waals surface area contributed by atoms with Crippen molar-refractivity contribution < 1.29 is 121 Å². The maximum atomic E-state index is 14.0. The summed E-state index contributed by atoms with van der Waals surface area (Å²) in [5.41, 5.74) is -0.432. The SMILES string of the molecule is C[N+](C)(C)CCCNC(=O)c1ccc(OC(F)(F)C(F)(F)C(F)(F)C(F)(F)C(F)(F)C(F)(F)C(F)(F)C(F)(F)C(F)(F)F)cc1.[I-]. The minimum absolute atomic E-state index is 0. The van der Waals surface area contributed by atoms with E-state index in [0.29, 0.717) is 29.6 Å². The molecule has 4 nitrogen and oxygen atoms in total. The molecule has 46 heavy (non-hydrogen) atoms. The molecule has 1 rings (SSSR count). The largest absolute Gasteiger partial charge is 1.00 e. The van der Waals surface area contributed by atoms with E-state index in [1.807, 2.05) is 0 Å². The maximum absolute atomic E-state index is 14.0. The smallest absolute Gasteiger partial charge is 0.471 e. The number of hydrogen-bond donors (Lipinski definition) is 1. The molecule has 1 N–H and O–H groups in total. The van der Waals surface area contributed by atoms with Gasteiger partial charge in [-0.05, 0) is 24.3 Å². The van der Waals surface area contributed by atoms with Gasteiger partial charge in [-0.1, -0.05) is 0 Å². The molecule has 0 radical (unpaired) electrons. The maximum Gasteiger partial charge on any atom is 0.471 e. The minimum atomic E-state index is -9.01. The molecule has 0 saturated heterocycles. The van der Waals surface area contributed by atoms with Gasteiger partial charge in [0.05, 0.1) is 27.7 Å². The number of carbonyl (C=O) groups excluding carboxylic acids is 1. The van der Waals surface area contributed by atoms with E-state index in [1.165, 1.54) is 0 Å². The minimum Gasteiger partial charge on any atom is -1.00 e. The molecule has 0 fully saturated rings. The molecular formula is C22H20F19IN2O2. The second-order valence-corrected chi connectivity index (χ2v) is 10.3.